The van der Waals surface area contributed by atoms with E-state index in [1.54, 1.807) is 0 Å². The number of nitrogens with zero attached hydrogens (tertiary/aromatic N) is 2. The summed E-state index contributed by atoms with van der Waals surface area (Å²) in [6, 6.07) is 27.5. The van der Waals surface area contributed by atoms with Crippen molar-refractivity contribution in [1.82, 2.24) is 10.3 Å². The van der Waals surface area contributed by atoms with Crippen LogP contribution in [0.3, 0.4) is 0 Å². The van der Waals surface area contributed by atoms with Gasteiger partial charge in [0.25, 0.3) is 5.91 Å². The van der Waals surface area contributed by atoms with E-state index in [4.69, 9.17) is 0 Å². The maximum absolute atomic E-state index is 13.1. The highest BCUT2D eigenvalue weighted by Crippen LogP contribution is 2.30. The topological polar surface area (TPSA) is 77.6 Å². The zero-order valence-electron chi connectivity index (χ0n) is 18.1. The standard InChI is InChI=1S/C27H24N4O2/c32-26-16-15-25(30-31(26)20-11-5-2-6-12-20)27(33)29-17-22(19-9-3-1-4-10-19)23-18-28-24-14-8-7-13-21(23)24/h1-14,18,22,28H,15-17H2,(H,29,33)/t22-/m0/s1. The summed E-state index contributed by atoms with van der Waals surface area (Å²) in [5.41, 5.74) is 4.34. The first-order valence-corrected chi connectivity index (χ1v) is 11.1. The van der Waals surface area contributed by atoms with Crippen LogP contribution < -0.4 is 10.3 Å². The van der Waals surface area contributed by atoms with Crippen molar-refractivity contribution in [2.24, 2.45) is 5.10 Å². The van der Waals surface area contributed by atoms with Gasteiger partial charge < -0.3 is 10.3 Å². The quantitative estimate of drug-likeness (QED) is 0.463. The molecule has 6 nitrogen and oxygen atoms in total. The van der Waals surface area contributed by atoms with E-state index in [0.29, 0.717) is 24.4 Å². The molecule has 0 radical (unpaired) electrons. The van der Waals surface area contributed by atoms with E-state index in [1.807, 2.05) is 72.9 Å². The maximum Gasteiger partial charge on any atom is 0.267 e. The number of nitrogens with one attached hydrogen (secondary N) is 2. The minimum absolute atomic E-state index is 0.0256. The molecule has 6 heteroatoms. The molecule has 0 unspecified atom stereocenters. The highest BCUT2D eigenvalue weighted by atomic mass is 16.2. The molecule has 2 N–H and O–H groups in total. The fraction of sp³-hybridized carbons (Fsp3) is 0.148. The van der Waals surface area contributed by atoms with E-state index in [1.165, 1.54) is 5.01 Å². The number of hydrogen-bond donors (Lipinski definition) is 2. The molecule has 2 amide bonds. The predicted molar refractivity (Wildman–Crippen MR) is 130 cm³/mol. The second-order valence-electron chi connectivity index (χ2n) is 8.05. The third-order valence-corrected chi connectivity index (χ3v) is 5.96. The molecule has 1 atom stereocenters. The van der Waals surface area contributed by atoms with Gasteiger partial charge in [0, 0.05) is 42.4 Å². The summed E-state index contributed by atoms with van der Waals surface area (Å²) in [6.45, 7) is 0.420. The second kappa shape index (κ2) is 9.12. The number of anilines is 1. The van der Waals surface area contributed by atoms with Gasteiger partial charge in [-0.15, -0.1) is 0 Å². The molecular formula is C27H24N4O2. The summed E-state index contributed by atoms with van der Waals surface area (Å²) >= 11 is 0. The minimum atomic E-state index is -0.246. The summed E-state index contributed by atoms with van der Waals surface area (Å²) in [4.78, 5) is 28.8. The Labute approximate surface area is 191 Å². The van der Waals surface area contributed by atoms with E-state index < -0.39 is 0 Å². The zero-order valence-corrected chi connectivity index (χ0v) is 18.1. The van der Waals surface area contributed by atoms with E-state index >= 15 is 0 Å². The van der Waals surface area contributed by atoms with Gasteiger partial charge in [-0.25, -0.2) is 5.01 Å². The van der Waals surface area contributed by atoms with Crippen LogP contribution in [0.25, 0.3) is 10.9 Å². The Balaban J connectivity index is 1.39. The number of H-pyrrole nitrogens is 1. The van der Waals surface area contributed by atoms with Gasteiger partial charge in [0.15, 0.2) is 0 Å². The van der Waals surface area contributed by atoms with Crippen molar-refractivity contribution in [2.75, 3.05) is 11.6 Å². The smallest absolute Gasteiger partial charge is 0.267 e. The average molecular weight is 437 g/mol. The lowest BCUT2D eigenvalue weighted by molar-refractivity contribution is -0.118. The first-order valence-electron chi connectivity index (χ1n) is 11.1. The lowest BCUT2D eigenvalue weighted by atomic mass is 9.91. The highest BCUT2D eigenvalue weighted by Gasteiger charge is 2.26. The average Bonchev–Trinajstić information content (AvgIpc) is 3.29. The Hall–Kier alpha value is -4.19. The van der Waals surface area contributed by atoms with Crippen LogP contribution in [0.5, 0.6) is 0 Å². The number of hydrazone groups is 1. The molecule has 1 aliphatic rings. The van der Waals surface area contributed by atoms with Crippen LogP contribution >= 0.6 is 0 Å². The highest BCUT2D eigenvalue weighted by molar-refractivity contribution is 6.40. The predicted octanol–water partition coefficient (Wildman–Crippen LogP) is 4.60. The molecule has 1 aromatic heterocycles. The number of carbonyl (C=O) groups is 2. The molecule has 5 rings (SSSR count). The van der Waals surface area contributed by atoms with Gasteiger partial charge in [-0.05, 0) is 29.3 Å². The van der Waals surface area contributed by atoms with Gasteiger partial charge in [-0.3, -0.25) is 9.59 Å². The van der Waals surface area contributed by atoms with Crippen LogP contribution in [0.2, 0.25) is 0 Å². The molecule has 33 heavy (non-hydrogen) atoms. The van der Waals surface area contributed by atoms with Crippen LogP contribution in [0.4, 0.5) is 5.69 Å². The van der Waals surface area contributed by atoms with Crippen LogP contribution in [0, 0.1) is 0 Å². The van der Waals surface area contributed by atoms with Crippen molar-refractivity contribution in [3.63, 3.8) is 0 Å². The molecule has 0 spiro atoms. The summed E-state index contributed by atoms with van der Waals surface area (Å²) in [5, 5.41) is 9.91. The molecule has 0 bridgehead atoms. The monoisotopic (exact) mass is 436 g/mol. The van der Waals surface area contributed by atoms with Gasteiger partial charge >= 0.3 is 0 Å². The number of fused-ring (bicyclic) bond motifs is 1. The summed E-state index contributed by atoms with van der Waals surface area (Å²) in [5.74, 6) is -0.384. The van der Waals surface area contributed by atoms with Crippen molar-refractivity contribution in [3.8, 4) is 0 Å². The molecule has 1 aliphatic heterocycles. The van der Waals surface area contributed by atoms with Gasteiger partial charge in [0.2, 0.25) is 5.91 Å². The fourth-order valence-electron chi connectivity index (χ4n) is 4.26. The SMILES string of the molecule is O=C(NC[C@@H](c1ccccc1)c1c[nH]c2ccccc12)C1=NN(c2ccccc2)C(=O)CC1. The maximum atomic E-state index is 13.1. The van der Waals surface area contributed by atoms with Gasteiger partial charge in [-0.2, -0.15) is 5.10 Å². The first-order chi connectivity index (χ1) is 16.2. The van der Waals surface area contributed by atoms with Gasteiger partial charge in [0.1, 0.15) is 5.71 Å². The van der Waals surface area contributed by atoms with Crippen molar-refractivity contribution in [2.45, 2.75) is 18.8 Å². The number of benzene rings is 3. The van der Waals surface area contributed by atoms with Crippen LogP contribution in [0.1, 0.15) is 29.9 Å². The van der Waals surface area contributed by atoms with E-state index in [9.17, 15) is 9.59 Å². The van der Waals surface area contributed by atoms with Crippen molar-refractivity contribution < 1.29 is 9.59 Å². The number of rotatable bonds is 6. The third kappa shape index (κ3) is 4.28. The molecule has 3 aromatic carbocycles. The number of carbonyl (C=O) groups excluding carboxylic acids is 2. The molecule has 2 heterocycles. The Kier molecular flexibility index (Phi) is 5.72. The molecular weight excluding hydrogens is 412 g/mol. The molecule has 0 saturated heterocycles. The third-order valence-electron chi connectivity index (χ3n) is 5.96. The van der Waals surface area contributed by atoms with Crippen LogP contribution in [-0.4, -0.2) is 29.1 Å². The number of hydrogen-bond acceptors (Lipinski definition) is 3. The Morgan fingerprint density at radius 3 is 2.42 bits per heavy atom. The van der Waals surface area contributed by atoms with E-state index in [-0.39, 0.29) is 24.2 Å². The molecule has 0 saturated carbocycles. The fourth-order valence-corrected chi connectivity index (χ4v) is 4.26. The molecule has 164 valence electrons. The largest absolute Gasteiger partial charge is 0.361 e. The number of aromatic amines is 1. The van der Waals surface area contributed by atoms with E-state index in [0.717, 1.165) is 22.0 Å². The summed E-state index contributed by atoms with van der Waals surface area (Å²) < 4.78 is 0. The van der Waals surface area contributed by atoms with Gasteiger partial charge in [0.05, 0.1) is 5.69 Å². The molecule has 0 aliphatic carbocycles. The molecule has 0 fully saturated rings. The number of aromatic nitrogens is 1. The first kappa shape index (κ1) is 20.7. The summed E-state index contributed by atoms with van der Waals surface area (Å²) in [7, 11) is 0. The Morgan fingerprint density at radius 1 is 0.939 bits per heavy atom. The van der Waals surface area contributed by atoms with Crippen molar-refractivity contribution >= 4 is 34.1 Å². The normalized spacial score (nSPS) is 14.7. The van der Waals surface area contributed by atoms with Crippen LogP contribution in [-0.2, 0) is 9.59 Å². The van der Waals surface area contributed by atoms with Crippen molar-refractivity contribution in [3.05, 3.63) is 102 Å². The Morgan fingerprint density at radius 2 is 1.64 bits per heavy atom. The lowest BCUT2D eigenvalue weighted by Crippen LogP contribution is -2.40. The summed E-state index contributed by atoms with van der Waals surface area (Å²) in [6.07, 6.45) is 2.60. The van der Waals surface area contributed by atoms with Crippen LogP contribution in [0.15, 0.2) is 96.2 Å². The van der Waals surface area contributed by atoms with Crippen molar-refractivity contribution in [1.29, 1.82) is 0 Å². The van der Waals surface area contributed by atoms with Gasteiger partial charge in [-0.1, -0.05) is 66.7 Å². The van der Waals surface area contributed by atoms with E-state index in [2.05, 4.69) is 33.6 Å². The minimum Gasteiger partial charge on any atom is -0.361 e. The number of amides is 2. The number of para-hydroxylation sites is 2. The second-order valence-corrected chi connectivity index (χ2v) is 8.05. The molecule has 4 aromatic rings. The lowest BCUT2D eigenvalue weighted by Gasteiger charge is -2.24. The zero-order chi connectivity index (χ0) is 22.6. The Bertz CT molecular complexity index is 1310.